The van der Waals surface area contributed by atoms with Gasteiger partial charge in [0.05, 0.1) is 10.9 Å². The van der Waals surface area contributed by atoms with Gasteiger partial charge in [-0.25, -0.2) is 4.90 Å². The van der Waals surface area contributed by atoms with Crippen LogP contribution in [0.1, 0.15) is 12.0 Å². The van der Waals surface area contributed by atoms with E-state index in [1.165, 1.54) is 16.7 Å². The Labute approximate surface area is 152 Å². The quantitative estimate of drug-likeness (QED) is 0.688. The minimum atomic E-state index is -0.332. The number of benzene rings is 2. The van der Waals surface area contributed by atoms with E-state index in [1.54, 1.807) is 12.1 Å². The van der Waals surface area contributed by atoms with Gasteiger partial charge in [-0.1, -0.05) is 39.7 Å². The maximum Gasteiger partial charge on any atom is 0.247 e. The van der Waals surface area contributed by atoms with E-state index in [2.05, 4.69) is 15.9 Å². The number of carbonyl (C=O) groups excluding carboxylic acids is 2. The molecule has 1 saturated heterocycles. The van der Waals surface area contributed by atoms with E-state index in [0.717, 1.165) is 10.0 Å². The van der Waals surface area contributed by atoms with Gasteiger partial charge in [-0.2, -0.15) is 0 Å². The zero-order valence-corrected chi connectivity index (χ0v) is 15.2. The summed E-state index contributed by atoms with van der Waals surface area (Å²) in [5, 5.41) is 0.356. The summed E-state index contributed by atoms with van der Waals surface area (Å²) in [5.41, 5.74) is 1.71. The summed E-state index contributed by atoms with van der Waals surface area (Å²) >= 11 is 10.7. The van der Waals surface area contributed by atoms with E-state index in [9.17, 15) is 9.59 Å². The molecule has 1 aliphatic rings. The third-order valence-corrected chi connectivity index (χ3v) is 5.61. The Morgan fingerprint density at radius 2 is 1.74 bits per heavy atom. The molecule has 0 bridgehead atoms. The third-order valence-electron chi connectivity index (χ3n) is 3.55. The van der Waals surface area contributed by atoms with Gasteiger partial charge >= 0.3 is 0 Å². The molecular formula is C17H13BrClNO2S. The molecule has 0 unspecified atom stereocenters. The predicted molar refractivity (Wildman–Crippen MR) is 97.8 cm³/mol. The number of nitrogens with zero attached hydrogens (tertiary/aromatic N) is 1. The van der Waals surface area contributed by atoms with Gasteiger partial charge in [0.25, 0.3) is 0 Å². The Bertz CT molecular complexity index is 733. The Morgan fingerprint density at radius 1 is 1.09 bits per heavy atom. The maximum absolute atomic E-state index is 12.5. The lowest BCUT2D eigenvalue weighted by Crippen LogP contribution is -2.31. The van der Waals surface area contributed by atoms with Crippen LogP contribution in [0, 0.1) is 0 Å². The summed E-state index contributed by atoms with van der Waals surface area (Å²) < 4.78 is 0.911. The van der Waals surface area contributed by atoms with E-state index in [-0.39, 0.29) is 23.5 Å². The van der Waals surface area contributed by atoms with Crippen LogP contribution in [-0.4, -0.2) is 17.1 Å². The van der Waals surface area contributed by atoms with Crippen LogP contribution in [0.15, 0.2) is 53.0 Å². The predicted octanol–water partition coefficient (Wildman–Crippen LogP) is 4.67. The molecule has 1 aliphatic heterocycles. The standard InChI is InChI=1S/C17H13BrClNO2S/c18-12-3-7-14(8-4-12)20-16(21)9-15(17(20)22)23-10-11-1-5-13(19)6-2-11/h1-8,15H,9-10H2/t15-/m0/s1. The lowest BCUT2D eigenvalue weighted by molar-refractivity contribution is -0.121. The summed E-state index contributed by atoms with van der Waals surface area (Å²) in [4.78, 5) is 26.0. The first-order valence-corrected chi connectivity index (χ1v) is 9.25. The normalized spacial score (nSPS) is 17.8. The van der Waals surface area contributed by atoms with Crippen molar-refractivity contribution in [3.8, 4) is 0 Å². The molecule has 0 radical (unpaired) electrons. The molecule has 0 spiro atoms. The van der Waals surface area contributed by atoms with Gasteiger partial charge in [0.15, 0.2) is 0 Å². The van der Waals surface area contributed by atoms with Crippen LogP contribution in [0.25, 0.3) is 0 Å². The number of hydrogen-bond acceptors (Lipinski definition) is 3. The molecule has 23 heavy (non-hydrogen) atoms. The van der Waals surface area contributed by atoms with E-state index in [4.69, 9.17) is 11.6 Å². The van der Waals surface area contributed by atoms with Gasteiger partial charge in [0, 0.05) is 21.7 Å². The smallest absolute Gasteiger partial charge is 0.247 e. The van der Waals surface area contributed by atoms with Gasteiger partial charge in [0.1, 0.15) is 0 Å². The Balaban J connectivity index is 1.68. The van der Waals surface area contributed by atoms with Crippen LogP contribution in [0.5, 0.6) is 0 Å². The Morgan fingerprint density at radius 3 is 2.39 bits per heavy atom. The van der Waals surface area contributed by atoms with Crippen LogP contribution >= 0.6 is 39.3 Å². The number of hydrogen-bond donors (Lipinski definition) is 0. The first-order chi connectivity index (χ1) is 11.0. The number of carbonyl (C=O) groups is 2. The van der Waals surface area contributed by atoms with Crippen molar-refractivity contribution >= 4 is 56.8 Å². The minimum absolute atomic E-state index is 0.142. The van der Waals surface area contributed by atoms with Crippen LogP contribution in [-0.2, 0) is 15.3 Å². The van der Waals surface area contributed by atoms with E-state index in [1.807, 2.05) is 36.4 Å². The molecule has 2 aromatic carbocycles. The maximum atomic E-state index is 12.5. The van der Waals surface area contributed by atoms with Crippen molar-refractivity contribution in [1.29, 1.82) is 0 Å². The molecule has 1 atom stereocenters. The second-order valence-electron chi connectivity index (χ2n) is 5.17. The zero-order chi connectivity index (χ0) is 16.4. The average molecular weight is 411 g/mol. The lowest BCUT2D eigenvalue weighted by Gasteiger charge is -2.15. The number of anilines is 1. The number of imide groups is 1. The fourth-order valence-electron chi connectivity index (χ4n) is 2.37. The topological polar surface area (TPSA) is 37.4 Å². The second-order valence-corrected chi connectivity index (χ2v) is 7.72. The van der Waals surface area contributed by atoms with Crippen LogP contribution < -0.4 is 4.90 Å². The minimum Gasteiger partial charge on any atom is -0.274 e. The van der Waals surface area contributed by atoms with Gasteiger partial charge in [-0.15, -0.1) is 11.8 Å². The number of rotatable bonds is 4. The van der Waals surface area contributed by atoms with Crippen molar-refractivity contribution in [3.63, 3.8) is 0 Å². The van der Waals surface area contributed by atoms with E-state index >= 15 is 0 Å². The summed E-state index contributed by atoms with van der Waals surface area (Å²) in [5.74, 6) is 0.386. The molecule has 6 heteroatoms. The van der Waals surface area contributed by atoms with E-state index in [0.29, 0.717) is 16.5 Å². The molecule has 0 aliphatic carbocycles. The van der Waals surface area contributed by atoms with Gasteiger partial charge in [0.2, 0.25) is 11.8 Å². The van der Waals surface area contributed by atoms with Gasteiger partial charge < -0.3 is 0 Å². The molecule has 3 rings (SSSR count). The lowest BCUT2D eigenvalue weighted by atomic mass is 10.2. The SMILES string of the molecule is O=C1C[C@H](SCc2ccc(Cl)cc2)C(=O)N1c1ccc(Br)cc1. The van der Waals surface area contributed by atoms with Crippen molar-refractivity contribution in [2.45, 2.75) is 17.4 Å². The average Bonchev–Trinajstić information content (AvgIpc) is 2.82. The molecule has 2 aromatic rings. The van der Waals surface area contributed by atoms with Crippen molar-refractivity contribution in [2.24, 2.45) is 0 Å². The molecule has 0 aromatic heterocycles. The highest BCUT2D eigenvalue weighted by Crippen LogP contribution is 2.32. The Hall–Kier alpha value is -1.30. The van der Waals surface area contributed by atoms with Gasteiger partial charge in [-0.05, 0) is 42.0 Å². The molecule has 1 heterocycles. The number of amides is 2. The molecule has 118 valence electrons. The summed E-state index contributed by atoms with van der Waals surface area (Å²) in [6.07, 6.45) is 0.243. The summed E-state index contributed by atoms with van der Waals surface area (Å²) in [7, 11) is 0. The highest BCUT2D eigenvalue weighted by atomic mass is 79.9. The molecule has 3 nitrogen and oxygen atoms in total. The summed E-state index contributed by atoms with van der Waals surface area (Å²) in [6, 6.07) is 14.7. The monoisotopic (exact) mass is 409 g/mol. The highest BCUT2D eigenvalue weighted by molar-refractivity contribution is 9.10. The molecule has 0 saturated carbocycles. The van der Waals surface area contributed by atoms with Crippen LogP contribution in [0.4, 0.5) is 5.69 Å². The second kappa shape index (κ2) is 7.07. The number of thioether (sulfide) groups is 1. The third kappa shape index (κ3) is 3.79. The van der Waals surface area contributed by atoms with Crippen molar-refractivity contribution in [1.82, 2.24) is 0 Å². The molecular weight excluding hydrogens is 398 g/mol. The van der Waals surface area contributed by atoms with Gasteiger partial charge in [-0.3, -0.25) is 9.59 Å². The zero-order valence-electron chi connectivity index (χ0n) is 12.0. The van der Waals surface area contributed by atoms with E-state index < -0.39 is 0 Å². The fourth-order valence-corrected chi connectivity index (χ4v) is 3.86. The van der Waals surface area contributed by atoms with Crippen molar-refractivity contribution < 1.29 is 9.59 Å². The van der Waals surface area contributed by atoms with Crippen molar-refractivity contribution in [3.05, 3.63) is 63.6 Å². The first-order valence-electron chi connectivity index (χ1n) is 7.03. The molecule has 0 N–H and O–H groups in total. The van der Waals surface area contributed by atoms with Crippen molar-refractivity contribution in [2.75, 3.05) is 4.90 Å². The first kappa shape index (κ1) is 16.6. The molecule has 2 amide bonds. The largest absolute Gasteiger partial charge is 0.274 e. The van der Waals surface area contributed by atoms with Crippen LogP contribution in [0.2, 0.25) is 5.02 Å². The Kier molecular flexibility index (Phi) is 5.09. The van der Waals surface area contributed by atoms with Crippen LogP contribution in [0.3, 0.4) is 0 Å². The highest BCUT2D eigenvalue weighted by Gasteiger charge is 2.39. The molecule has 1 fully saturated rings. The summed E-state index contributed by atoms with van der Waals surface area (Å²) in [6.45, 7) is 0. The fraction of sp³-hybridized carbons (Fsp3) is 0.176. The number of halogens is 2.